The maximum Gasteiger partial charge on any atom is 0.179 e. The summed E-state index contributed by atoms with van der Waals surface area (Å²) in [6.45, 7) is 6.58. The van der Waals surface area contributed by atoms with E-state index >= 15 is 0 Å². The second-order valence-corrected chi connectivity index (χ2v) is 14.9. The lowest BCUT2D eigenvalue weighted by Crippen LogP contribution is -2.45. The van der Waals surface area contributed by atoms with Crippen molar-refractivity contribution < 1.29 is 4.21 Å². The van der Waals surface area contributed by atoms with E-state index in [1.807, 2.05) is 50.5 Å². The van der Waals surface area contributed by atoms with E-state index < -0.39 is 15.7 Å². The van der Waals surface area contributed by atoms with Gasteiger partial charge in [0, 0.05) is 66.3 Å². The molecule has 1 saturated heterocycles. The highest BCUT2D eigenvalue weighted by atomic mass is 35.5. The number of hydrogen-bond donors (Lipinski definition) is 1. The Morgan fingerprint density at radius 3 is 2.70 bits per heavy atom. The molecule has 11 nitrogen and oxygen atoms in total. The summed E-state index contributed by atoms with van der Waals surface area (Å²) in [5.41, 5.74) is 2.60. The molecule has 43 heavy (non-hydrogen) atoms. The van der Waals surface area contributed by atoms with Gasteiger partial charge in [0.2, 0.25) is 0 Å². The normalized spacial score (nSPS) is 18.8. The van der Waals surface area contributed by atoms with Crippen molar-refractivity contribution in [3.8, 4) is 5.82 Å². The molecule has 0 bridgehead atoms. The summed E-state index contributed by atoms with van der Waals surface area (Å²) in [5.74, 6) is 1.67. The molecular weight excluding hydrogens is 604 g/mol. The molecule has 2 aliphatic heterocycles. The third-order valence-electron chi connectivity index (χ3n) is 8.77. The van der Waals surface area contributed by atoms with Crippen molar-refractivity contribution in [1.29, 1.82) is 0 Å². The van der Waals surface area contributed by atoms with Crippen LogP contribution < -0.4 is 10.0 Å². The lowest BCUT2D eigenvalue weighted by atomic mass is 9.67. The van der Waals surface area contributed by atoms with Gasteiger partial charge < -0.3 is 4.90 Å². The highest BCUT2D eigenvalue weighted by Gasteiger charge is 2.50. The SMILES string of the molecule is CC(C)(C[C@@H]1c2ccnn2CC12CCN(c1cnc3nc(Sc4ccnc(-n5cccn5)c4Cl)ccc3n1)CC2)S(N)=O. The Morgan fingerprint density at radius 1 is 1.09 bits per heavy atom. The van der Waals surface area contributed by atoms with Gasteiger partial charge in [0.1, 0.15) is 16.4 Å². The molecule has 0 amide bonds. The highest BCUT2D eigenvalue weighted by Crippen LogP contribution is 2.54. The van der Waals surface area contributed by atoms with Crippen LogP contribution in [0.25, 0.3) is 17.0 Å². The zero-order chi connectivity index (χ0) is 29.8. The van der Waals surface area contributed by atoms with Crippen LogP contribution in [0.2, 0.25) is 5.02 Å². The molecule has 5 aromatic rings. The third-order valence-corrected chi connectivity index (χ3v) is 11.5. The number of nitrogens with two attached hydrogens (primary N) is 1. The van der Waals surface area contributed by atoms with E-state index in [9.17, 15) is 4.21 Å². The van der Waals surface area contributed by atoms with Crippen molar-refractivity contribution in [1.82, 2.24) is 39.5 Å². The first-order valence-electron chi connectivity index (χ1n) is 14.1. The molecule has 0 aliphatic carbocycles. The number of pyridine rings is 2. The number of anilines is 1. The number of aromatic nitrogens is 8. The Kier molecular flexibility index (Phi) is 7.23. The predicted octanol–water partition coefficient (Wildman–Crippen LogP) is 4.78. The van der Waals surface area contributed by atoms with E-state index in [0.29, 0.717) is 16.5 Å². The monoisotopic (exact) mass is 634 g/mol. The first-order chi connectivity index (χ1) is 20.7. The van der Waals surface area contributed by atoms with E-state index in [4.69, 9.17) is 26.7 Å². The van der Waals surface area contributed by atoms with Crippen molar-refractivity contribution in [3.63, 3.8) is 0 Å². The second-order valence-electron chi connectivity index (χ2n) is 11.8. The van der Waals surface area contributed by atoms with E-state index in [0.717, 1.165) is 60.2 Å². The number of fused-ring (bicyclic) bond motifs is 2. The lowest BCUT2D eigenvalue weighted by molar-refractivity contribution is 0.156. The quantitative estimate of drug-likeness (QED) is 0.268. The predicted molar refractivity (Wildman–Crippen MR) is 168 cm³/mol. The standard InChI is InChI=1S/C29H31ClN10OS2/c1-28(2,43(31)41)16-19-21-6-12-35-40(21)18-29(19)8-14-38(15-9-29)23-17-33-26-20(36-23)4-5-24(37-26)42-22-7-11-32-27(25(22)30)39-13-3-10-34-39/h3-7,10-13,17,19H,8-9,14-16,18,31H2,1-2H3/t19-,43?/m1/s1. The van der Waals surface area contributed by atoms with Gasteiger partial charge >= 0.3 is 0 Å². The Hall–Kier alpha value is -3.39. The maximum atomic E-state index is 12.3. The van der Waals surface area contributed by atoms with Gasteiger partial charge in [-0.05, 0) is 63.4 Å². The smallest absolute Gasteiger partial charge is 0.179 e. The molecule has 2 atom stereocenters. The van der Waals surface area contributed by atoms with Crippen LogP contribution in [0.5, 0.6) is 0 Å². The first-order valence-corrected chi connectivity index (χ1v) is 16.5. The van der Waals surface area contributed by atoms with Crippen LogP contribution in [-0.4, -0.2) is 61.5 Å². The molecule has 2 N–H and O–H groups in total. The van der Waals surface area contributed by atoms with Crippen molar-refractivity contribution in [2.75, 3.05) is 18.0 Å². The van der Waals surface area contributed by atoms with E-state index in [-0.39, 0.29) is 11.3 Å². The lowest BCUT2D eigenvalue weighted by Gasteiger charge is -2.44. The Balaban J connectivity index is 1.07. The average Bonchev–Trinajstić information content (AvgIpc) is 3.74. The van der Waals surface area contributed by atoms with Crippen LogP contribution in [-0.2, 0) is 17.5 Å². The van der Waals surface area contributed by atoms with E-state index in [2.05, 4.69) is 35.8 Å². The fraction of sp³-hybridized carbons (Fsp3) is 0.379. The van der Waals surface area contributed by atoms with Crippen LogP contribution in [0.1, 0.15) is 44.7 Å². The molecule has 5 aromatic heterocycles. The molecule has 1 unspecified atom stereocenters. The Bertz CT molecular complexity index is 1820. The Labute approximate surface area is 260 Å². The number of piperidine rings is 1. The summed E-state index contributed by atoms with van der Waals surface area (Å²) in [5, 5.41) is 16.0. The number of nitrogens with zero attached hydrogens (tertiary/aromatic N) is 9. The summed E-state index contributed by atoms with van der Waals surface area (Å²) >= 11 is 8.11. The van der Waals surface area contributed by atoms with Gasteiger partial charge in [-0.15, -0.1) is 0 Å². The average molecular weight is 635 g/mol. The molecule has 7 rings (SSSR count). The maximum absolute atomic E-state index is 12.3. The first kappa shape index (κ1) is 28.4. The van der Waals surface area contributed by atoms with Gasteiger partial charge in [-0.3, -0.25) is 9.82 Å². The molecule has 1 fully saturated rings. The molecule has 1 spiro atoms. The summed E-state index contributed by atoms with van der Waals surface area (Å²) in [7, 11) is -1.41. The van der Waals surface area contributed by atoms with Crippen LogP contribution in [0.15, 0.2) is 71.2 Å². The molecule has 14 heteroatoms. The third kappa shape index (κ3) is 5.22. The van der Waals surface area contributed by atoms with Crippen LogP contribution >= 0.6 is 23.4 Å². The van der Waals surface area contributed by atoms with Crippen LogP contribution in [0, 0.1) is 5.41 Å². The summed E-state index contributed by atoms with van der Waals surface area (Å²) < 4.78 is 15.6. The molecule has 222 valence electrons. The van der Waals surface area contributed by atoms with E-state index in [1.165, 1.54) is 17.5 Å². The van der Waals surface area contributed by atoms with Gasteiger partial charge in [0.25, 0.3) is 0 Å². The summed E-state index contributed by atoms with van der Waals surface area (Å²) in [6, 6.07) is 9.69. The van der Waals surface area contributed by atoms with Gasteiger partial charge in [-0.25, -0.2) is 28.8 Å². The van der Waals surface area contributed by atoms with Crippen LogP contribution in [0.4, 0.5) is 5.82 Å². The van der Waals surface area contributed by atoms with Crippen molar-refractivity contribution in [2.24, 2.45) is 10.6 Å². The fourth-order valence-corrected chi connectivity index (χ4v) is 7.77. The molecule has 0 saturated carbocycles. The van der Waals surface area contributed by atoms with Gasteiger partial charge in [-0.1, -0.05) is 23.4 Å². The van der Waals surface area contributed by atoms with Crippen molar-refractivity contribution in [2.45, 2.75) is 60.2 Å². The van der Waals surface area contributed by atoms with E-state index in [1.54, 1.807) is 23.3 Å². The zero-order valence-electron chi connectivity index (χ0n) is 23.8. The minimum absolute atomic E-state index is 0.0558. The van der Waals surface area contributed by atoms with Crippen LogP contribution in [0.3, 0.4) is 0 Å². The summed E-state index contributed by atoms with van der Waals surface area (Å²) in [4.78, 5) is 21.9. The van der Waals surface area contributed by atoms with Gasteiger partial charge in [0.15, 0.2) is 11.5 Å². The molecule has 0 aromatic carbocycles. The molecule has 0 radical (unpaired) electrons. The van der Waals surface area contributed by atoms with Gasteiger partial charge in [0.05, 0.1) is 27.0 Å². The van der Waals surface area contributed by atoms with Crippen molar-refractivity contribution in [3.05, 3.63) is 72.0 Å². The fourth-order valence-electron chi connectivity index (χ4n) is 6.32. The van der Waals surface area contributed by atoms with Gasteiger partial charge in [-0.2, -0.15) is 10.2 Å². The minimum Gasteiger partial charge on any atom is -0.355 e. The Morgan fingerprint density at radius 2 is 1.93 bits per heavy atom. The molecule has 2 aliphatic rings. The number of halogens is 1. The topological polar surface area (TPSA) is 134 Å². The number of rotatable bonds is 7. The number of hydrogen-bond acceptors (Lipinski definition) is 9. The molecular formula is C29H31ClN10OS2. The second kappa shape index (κ2) is 11.0. The molecule has 7 heterocycles. The zero-order valence-corrected chi connectivity index (χ0v) is 26.2. The largest absolute Gasteiger partial charge is 0.355 e. The highest BCUT2D eigenvalue weighted by molar-refractivity contribution is 7.99. The van der Waals surface area contributed by atoms with Crippen molar-refractivity contribution >= 4 is 51.3 Å². The summed E-state index contributed by atoms with van der Waals surface area (Å²) in [6.07, 6.45) is 11.6. The minimum atomic E-state index is -1.41.